The zero-order valence-corrected chi connectivity index (χ0v) is 15.9. The lowest BCUT2D eigenvalue weighted by molar-refractivity contribution is -0.131. The van der Waals surface area contributed by atoms with Crippen LogP contribution in [0.4, 0.5) is 0 Å². The fraction of sp³-hybridized carbons (Fsp3) is 0.286. The van der Waals surface area contributed by atoms with Crippen LogP contribution >= 0.6 is 11.8 Å². The molecule has 0 bridgehead atoms. The topological polar surface area (TPSA) is 61.9 Å². The van der Waals surface area contributed by atoms with E-state index in [1.54, 1.807) is 0 Å². The summed E-state index contributed by atoms with van der Waals surface area (Å²) in [6.07, 6.45) is 3.36. The summed E-state index contributed by atoms with van der Waals surface area (Å²) in [6, 6.07) is 19.8. The van der Waals surface area contributed by atoms with Crippen LogP contribution in [-0.2, 0) is 4.79 Å². The second-order valence-electron chi connectivity index (χ2n) is 6.63. The van der Waals surface area contributed by atoms with Gasteiger partial charge < -0.3 is 4.90 Å². The van der Waals surface area contributed by atoms with Gasteiger partial charge in [0.1, 0.15) is 5.25 Å². The lowest BCUT2D eigenvalue weighted by atomic mass is 10.1. The highest BCUT2D eigenvalue weighted by Crippen LogP contribution is 2.36. The lowest BCUT2D eigenvalue weighted by Crippen LogP contribution is -2.38. The van der Waals surface area contributed by atoms with Gasteiger partial charge in [-0.25, -0.2) is 4.98 Å². The lowest BCUT2D eigenvalue weighted by Gasteiger charge is -2.30. The molecule has 4 rings (SSSR count). The number of amides is 1. The number of nitrogens with zero attached hydrogens (tertiary/aromatic N) is 3. The van der Waals surface area contributed by atoms with Crippen molar-refractivity contribution in [3.8, 4) is 11.4 Å². The van der Waals surface area contributed by atoms with E-state index < -0.39 is 0 Å². The smallest absolute Gasteiger partial charge is 0.240 e. The van der Waals surface area contributed by atoms with Crippen LogP contribution in [0.1, 0.15) is 30.1 Å². The monoisotopic (exact) mass is 378 g/mol. The van der Waals surface area contributed by atoms with E-state index >= 15 is 0 Å². The van der Waals surface area contributed by atoms with Gasteiger partial charge >= 0.3 is 0 Å². The fourth-order valence-corrected chi connectivity index (χ4v) is 4.29. The number of aromatic amines is 1. The summed E-state index contributed by atoms with van der Waals surface area (Å²) < 4.78 is 0. The maximum atomic E-state index is 13.2. The summed E-state index contributed by atoms with van der Waals surface area (Å²) in [5.74, 6) is 0.868. The van der Waals surface area contributed by atoms with E-state index in [1.807, 2.05) is 65.6 Å². The van der Waals surface area contributed by atoms with Crippen LogP contribution < -0.4 is 0 Å². The van der Waals surface area contributed by atoms with Crippen molar-refractivity contribution in [1.82, 2.24) is 20.1 Å². The number of hydrogen-bond donors (Lipinski definition) is 1. The fourth-order valence-electron chi connectivity index (χ4n) is 3.30. The molecule has 138 valence electrons. The van der Waals surface area contributed by atoms with Crippen LogP contribution in [0.5, 0.6) is 0 Å². The van der Waals surface area contributed by atoms with Gasteiger partial charge in [-0.3, -0.25) is 9.89 Å². The Bertz CT molecular complexity index is 875. The zero-order chi connectivity index (χ0) is 18.5. The Kier molecular flexibility index (Phi) is 5.53. The van der Waals surface area contributed by atoms with Crippen LogP contribution in [0, 0.1) is 0 Å². The molecule has 2 aromatic carbocycles. The molecule has 1 aliphatic heterocycles. The predicted molar refractivity (Wildman–Crippen MR) is 107 cm³/mol. The Labute approximate surface area is 163 Å². The number of rotatable bonds is 5. The first-order valence-corrected chi connectivity index (χ1v) is 10.2. The highest BCUT2D eigenvalue weighted by molar-refractivity contribution is 8.00. The molecule has 1 amide bonds. The number of carbonyl (C=O) groups excluding carboxylic acids is 1. The van der Waals surface area contributed by atoms with Crippen LogP contribution in [0.15, 0.2) is 65.8 Å². The number of thioether (sulfide) groups is 1. The zero-order valence-electron chi connectivity index (χ0n) is 15.0. The average Bonchev–Trinajstić information content (AvgIpc) is 3.22. The molecule has 1 N–H and O–H groups in total. The van der Waals surface area contributed by atoms with E-state index in [4.69, 9.17) is 0 Å². The number of piperidine rings is 1. The van der Waals surface area contributed by atoms with Crippen LogP contribution in [0.2, 0.25) is 0 Å². The number of aromatic nitrogens is 3. The van der Waals surface area contributed by atoms with Gasteiger partial charge in [0.2, 0.25) is 11.1 Å². The minimum absolute atomic E-state index is 0.150. The first kappa shape index (κ1) is 17.8. The van der Waals surface area contributed by atoms with Gasteiger partial charge in [0.15, 0.2) is 5.82 Å². The van der Waals surface area contributed by atoms with E-state index in [0.717, 1.165) is 42.9 Å². The molecule has 2 heterocycles. The Hall–Kier alpha value is -2.60. The van der Waals surface area contributed by atoms with Gasteiger partial charge in [-0.15, -0.1) is 5.10 Å². The summed E-state index contributed by atoms with van der Waals surface area (Å²) in [5, 5.41) is 7.59. The highest BCUT2D eigenvalue weighted by Gasteiger charge is 2.29. The number of hydrogen-bond acceptors (Lipinski definition) is 4. The van der Waals surface area contributed by atoms with Gasteiger partial charge in [-0.05, 0) is 24.8 Å². The molecule has 0 spiro atoms. The van der Waals surface area contributed by atoms with Crippen molar-refractivity contribution < 1.29 is 4.79 Å². The van der Waals surface area contributed by atoms with Crippen molar-refractivity contribution in [2.75, 3.05) is 13.1 Å². The van der Waals surface area contributed by atoms with E-state index in [1.165, 1.54) is 18.2 Å². The quantitative estimate of drug-likeness (QED) is 0.672. The minimum atomic E-state index is -0.330. The maximum absolute atomic E-state index is 13.2. The largest absolute Gasteiger partial charge is 0.341 e. The van der Waals surface area contributed by atoms with Gasteiger partial charge in [0, 0.05) is 18.7 Å². The Morgan fingerprint density at radius 3 is 2.33 bits per heavy atom. The van der Waals surface area contributed by atoms with Crippen molar-refractivity contribution in [2.24, 2.45) is 0 Å². The molecule has 5 nitrogen and oxygen atoms in total. The second-order valence-corrected chi connectivity index (χ2v) is 7.70. The van der Waals surface area contributed by atoms with Crippen LogP contribution in [0.3, 0.4) is 0 Å². The maximum Gasteiger partial charge on any atom is 0.240 e. The second kappa shape index (κ2) is 8.39. The number of likely N-dealkylation sites (tertiary alicyclic amines) is 1. The number of nitrogens with one attached hydrogen (secondary N) is 1. The summed E-state index contributed by atoms with van der Waals surface area (Å²) in [5.41, 5.74) is 1.97. The predicted octanol–water partition coefficient (Wildman–Crippen LogP) is 4.32. The third-order valence-electron chi connectivity index (χ3n) is 4.73. The van der Waals surface area contributed by atoms with Crippen molar-refractivity contribution in [1.29, 1.82) is 0 Å². The van der Waals surface area contributed by atoms with Gasteiger partial charge in [0.05, 0.1) is 0 Å². The number of carbonyl (C=O) groups is 1. The summed E-state index contributed by atoms with van der Waals surface area (Å²) >= 11 is 1.41. The van der Waals surface area contributed by atoms with Crippen molar-refractivity contribution in [2.45, 2.75) is 29.7 Å². The molecule has 1 atom stereocenters. The molecular weight excluding hydrogens is 356 g/mol. The SMILES string of the molecule is O=C(C(Sc1n[nH]c(-c2ccccc2)n1)c1ccccc1)N1CCCCC1. The third kappa shape index (κ3) is 4.22. The molecule has 27 heavy (non-hydrogen) atoms. The third-order valence-corrected chi connectivity index (χ3v) is 5.83. The van der Waals surface area contributed by atoms with E-state index in [2.05, 4.69) is 15.2 Å². The highest BCUT2D eigenvalue weighted by atomic mass is 32.2. The molecule has 0 radical (unpaired) electrons. The normalized spacial score (nSPS) is 15.5. The summed E-state index contributed by atoms with van der Waals surface area (Å²) in [6.45, 7) is 1.68. The van der Waals surface area contributed by atoms with Gasteiger partial charge in [-0.2, -0.15) is 0 Å². The van der Waals surface area contributed by atoms with Crippen molar-refractivity contribution in [3.63, 3.8) is 0 Å². The summed E-state index contributed by atoms with van der Waals surface area (Å²) in [4.78, 5) is 19.8. The van der Waals surface area contributed by atoms with E-state index in [0.29, 0.717) is 5.16 Å². The average molecular weight is 379 g/mol. The Morgan fingerprint density at radius 1 is 0.963 bits per heavy atom. The van der Waals surface area contributed by atoms with Gasteiger partial charge in [-0.1, -0.05) is 72.4 Å². The first-order valence-electron chi connectivity index (χ1n) is 9.29. The molecule has 1 unspecified atom stereocenters. The Morgan fingerprint density at radius 2 is 1.63 bits per heavy atom. The first-order chi connectivity index (χ1) is 13.3. The summed E-state index contributed by atoms with van der Waals surface area (Å²) in [7, 11) is 0. The molecule has 1 aliphatic rings. The van der Waals surface area contributed by atoms with Crippen molar-refractivity contribution in [3.05, 3.63) is 66.2 Å². The number of benzene rings is 2. The van der Waals surface area contributed by atoms with Crippen LogP contribution in [-0.4, -0.2) is 39.1 Å². The molecule has 1 fully saturated rings. The molecule has 1 aromatic heterocycles. The molecule has 0 aliphatic carbocycles. The van der Waals surface area contributed by atoms with E-state index in [-0.39, 0.29) is 11.2 Å². The van der Waals surface area contributed by atoms with Crippen LogP contribution in [0.25, 0.3) is 11.4 Å². The molecule has 0 saturated carbocycles. The van der Waals surface area contributed by atoms with Gasteiger partial charge in [0.25, 0.3) is 0 Å². The standard InChI is InChI=1S/C21H22N4OS/c26-20(25-14-8-3-9-15-25)18(16-10-4-1-5-11-16)27-21-22-19(23-24-21)17-12-6-2-7-13-17/h1-2,4-7,10-13,18H,3,8-9,14-15H2,(H,22,23,24). The van der Waals surface area contributed by atoms with E-state index in [9.17, 15) is 4.79 Å². The minimum Gasteiger partial charge on any atom is -0.341 e. The number of H-pyrrole nitrogens is 1. The molecule has 3 aromatic rings. The molecule has 1 saturated heterocycles. The van der Waals surface area contributed by atoms with Crippen molar-refractivity contribution >= 4 is 17.7 Å². The Balaban J connectivity index is 1.58. The molecular formula is C21H22N4OS. The molecule has 6 heteroatoms.